The van der Waals surface area contributed by atoms with Gasteiger partial charge in [-0.25, -0.2) is 0 Å². The standard InChI is InChI=1S/C66H48N2/c1-3-17-51(18-4-1)67(65-43-63-55-21-9-7-15-49(55)35-41-59(63)57-23-11-13-25-61(57)65)53-37-31-47(32-38-53)45-27-29-46(30-28-45)48-33-39-54(40-34-48)68(52-19-5-2-6-20-52)66-44-64-56-22-10-8-16-50(56)36-42-60(64)58-24-12-14-26-62(58)66/h1-9,11-14,16-20,22-41,43-44H,10,15,21,42H2. The highest BCUT2D eigenvalue weighted by atomic mass is 15.1. The van der Waals surface area contributed by atoms with Crippen molar-refractivity contribution in [2.75, 3.05) is 9.80 Å². The molecule has 0 saturated carbocycles. The van der Waals surface area contributed by atoms with Crippen LogP contribution in [-0.4, -0.2) is 0 Å². The third-order valence-corrected chi connectivity index (χ3v) is 14.4. The van der Waals surface area contributed by atoms with E-state index in [0.717, 1.165) is 48.4 Å². The highest BCUT2D eigenvalue weighted by Crippen LogP contribution is 2.47. The second-order valence-electron chi connectivity index (χ2n) is 18.2. The predicted octanol–water partition coefficient (Wildman–Crippen LogP) is 17.9. The van der Waals surface area contributed by atoms with Crippen molar-refractivity contribution in [1.82, 2.24) is 0 Å². The molecular formula is C66H48N2. The molecule has 0 aliphatic heterocycles. The fraction of sp³-hybridized carbons (Fsp3) is 0.0606. The van der Waals surface area contributed by atoms with Crippen LogP contribution in [0.15, 0.2) is 248 Å². The van der Waals surface area contributed by atoms with Crippen molar-refractivity contribution in [2.45, 2.75) is 25.7 Å². The zero-order chi connectivity index (χ0) is 45.0. The van der Waals surface area contributed by atoms with Crippen molar-refractivity contribution in [1.29, 1.82) is 0 Å². The normalized spacial score (nSPS) is 13.7. The van der Waals surface area contributed by atoms with Gasteiger partial charge in [-0.3, -0.25) is 0 Å². The second-order valence-corrected chi connectivity index (χ2v) is 18.2. The van der Waals surface area contributed by atoms with Crippen LogP contribution in [0.1, 0.15) is 28.7 Å². The van der Waals surface area contributed by atoms with Crippen LogP contribution in [-0.2, 0) is 19.3 Å². The fourth-order valence-corrected chi connectivity index (χ4v) is 11.1. The minimum absolute atomic E-state index is 0.938. The van der Waals surface area contributed by atoms with Gasteiger partial charge in [0.25, 0.3) is 0 Å². The Morgan fingerprint density at radius 3 is 1.43 bits per heavy atom. The quantitative estimate of drug-likeness (QED) is 0.111. The van der Waals surface area contributed by atoms with E-state index in [4.69, 9.17) is 0 Å². The summed E-state index contributed by atoms with van der Waals surface area (Å²) in [5.74, 6) is 0. The zero-order valence-corrected chi connectivity index (χ0v) is 37.8. The van der Waals surface area contributed by atoms with Gasteiger partial charge >= 0.3 is 0 Å². The summed E-state index contributed by atoms with van der Waals surface area (Å²) in [7, 11) is 0. The molecule has 0 heterocycles. The van der Waals surface area contributed by atoms with Gasteiger partial charge < -0.3 is 9.80 Å². The molecule has 0 radical (unpaired) electrons. The van der Waals surface area contributed by atoms with Crippen molar-refractivity contribution in [3.05, 3.63) is 271 Å². The summed E-state index contributed by atoms with van der Waals surface area (Å²) >= 11 is 0. The van der Waals surface area contributed by atoms with Crippen molar-refractivity contribution >= 4 is 72.0 Å². The van der Waals surface area contributed by atoms with E-state index in [1.807, 2.05) is 0 Å². The summed E-state index contributed by atoms with van der Waals surface area (Å²) in [5, 5.41) is 7.78. The van der Waals surface area contributed by atoms with Gasteiger partial charge in [-0.2, -0.15) is 0 Å². The summed E-state index contributed by atoms with van der Waals surface area (Å²) in [6.45, 7) is 0. The topological polar surface area (TPSA) is 6.48 Å². The van der Waals surface area contributed by atoms with Gasteiger partial charge in [-0.05, 0) is 164 Å². The number of benzene rings is 10. The summed E-state index contributed by atoms with van der Waals surface area (Å²) < 4.78 is 0. The Bertz CT molecular complexity index is 3690. The van der Waals surface area contributed by atoms with Crippen molar-refractivity contribution in [2.24, 2.45) is 0 Å². The molecular weight excluding hydrogens is 821 g/mol. The first kappa shape index (κ1) is 39.9. The molecule has 13 rings (SSSR count). The number of nitrogens with zero attached hydrogens (tertiary/aromatic N) is 2. The van der Waals surface area contributed by atoms with E-state index in [0.29, 0.717) is 0 Å². The lowest BCUT2D eigenvalue weighted by Crippen LogP contribution is -2.13. The molecule has 0 atom stereocenters. The average molecular weight is 869 g/mol. The van der Waals surface area contributed by atoms with Crippen LogP contribution in [0.4, 0.5) is 34.1 Å². The summed E-state index contributed by atoms with van der Waals surface area (Å²) in [6, 6.07) is 76.2. The average Bonchev–Trinajstić information content (AvgIpc) is 3.42. The Hall–Kier alpha value is -8.46. The predicted molar refractivity (Wildman–Crippen MR) is 289 cm³/mol. The van der Waals surface area contributed by atoms with Crippen LogP contribution in [0.5, 0.6) is 0 Å². The SMILES string of the molecule is C1=CC2=CCc3c(cc(N(c4ccccc4)c4ccc(-c5ccc(-c6ccc(N(c7ccccc7)c7cc8c9c(ccc8c8ccccc78)CC=CC9)cc6)cc5)cc4)c4ccccc34)C2=CC1. The molecule has 0 N–H and O–H groups in total. The van der Waals surface area contributed by atoms with E-state index in [-0.39, 0.29) is 0 Å². The number of rotatable bonds is 8. The Kier molecular flexibility index (Phi) is 9.83. The minimum atomic E-state index is 0.938. The fourth-order valence-electron chi connectivity index (χ4n) is 11.1. The van der Waals surface area contributed by atoms with Crippen molar-refractivity contribution in [3.8, 4) is 22.3 Å². The molecule has 10 aromatic carbocycles. The van der Waals surface area contributed by atoms with E-state index >= 15 is 0 Å². The molecule has 2 nitrogen and oxygen atoms in total. The number of fused-ring (bicyclic) bond motifs is 10. The van der Waals surface area contributed by atoms with Gasteiger partial charge in [-0.1, -0.05) is 182 Å². The van der Waals surface area contributed by atoms with E-state index in [1.165, 1.54) is 99.3 Å². The van der Waals surface area contributed by atoms with Crippen LogP contribution >= 0.6 is 0 Å². The number of hydrogen-bond acceptors (Lipinski definition) is 2. The first-order valence-electron chi connectivity index (χ1n) is 24.0. The molecule has 0 fully saturated rings. The lowest BCUT2D eigenvalue weighted by atomic mass is 9.81. The van der Waals surface area contributed by atoms with E-state index in [1.54, 1.807) is 0 Å². The Balaban J connectivity index is 0.828. The van der Waals surface area contributed by atoms with Crippen LogP contribution in [0.3, 0.4) is 0 Å². The minimum Gasteiger partial charge on any atom is -0.310 e. The lowest BCUT2D eigenvalue weighted by Gasteiger charge is -2.30. The van der Waals surface area contributed by atoms with Gasteiger partial charge in [0.1, 0.15) is 0 Å². The Morgan fingerprint density at radius 1 is 0.324 bits per heavy atom. The van der Waals surface area contributed by atoms with Gasteiger partial charge in [0.15, 0.2) is 0 Å². The van der Waals surface area contributed by atoms with Crippen LogP contribution in [0.25, 0.3) is 60.1 Å². The maximum absolute atomic E-state index is 2.44. The molecule has 68 heavy (non-hydrogen) atoms. The highest BCUT2D eigenvalue weighted by molar-refractivity contribution is 6.16. The Morgan fingerprint density at radius 2 is 0.809 bits per heavy atom. The number of hydrogen-bond donors (Lipinski definition) is 0. The molecule has 0 saturated heterocycles. The molecule has 322 valence electrons. The molecule has 2 heteroatoms. The first-order chi connectivity index (χ1) is 33.7. The number of anilines is 6. The molecule has 0 bridgehead atoms. The summed E-state index contributed by atoms with van der Waals surface area (Å²) in [4.78, 5) is 4.87. The summed E-state index contributed by atoms with van der Waals surface area (Å²) in [5.41, 5.74) is 20.0. The summed E-state index contributed by atoms with van der Waals surface area (Å²) in [6.07, 6.45) is 17.8. The van der Waals surface area contributed by atoms with Gasteiger partial charge in [0.2, 0.25) is 0 Å². The molecule has 3 aliphatic carbocycles. The Labute approximate surface area is 398 Å². The van der Waals surface area contributed by atoms with Crippen LogP contribution in [0, 0.1) is 0 Å². The third kappa shape index (κ3) is 6.88. The molecule has 10 aromatic rings. The van der Waals surface area contributed by atoms with Crippen molar-refractivity contribution in [3.63, 3.8) is 0 Å². The molecule has 0 spiro atoms. The molecule has 0 aromatic heterocycles. The zero-order valence-electron chi connectivity index (χ0n) is 37.8. The van der Waals surface area contributed by atoms with Gasteiger partial charge in [0, 0.05) is 33.5 Å². The number of allylic oxidation sites excluding steroid dienone is 8. The second kappa shape index (κ2) is 16.8. The number of para-hydroxylation sites is 2. The molecule has 0 amide bonds. The van der Waals surface area contributed by atoms with Crippen LogP contribution in [0.2, 0.25) is 0 Å². The largest absolute Gasteiger partial charge is 0.310 e. The maximum Gasteiger partial charge on any atom is 0.0546 e. The van der Waals surface area contributed by atoms with E-state index in [9.17, 15) is 0 Å². The van der Waals surface area contributed by atoms with Crippen molar-refractivity contribution < 1.29 is 0 Å². The smallest absolute Gasteiger partial charge is 0.0546 e. The lowest BCUT2D eigenvalue weighted by molar-refractivity contribution is 1.11. The van der Waals surface area contributed by atoms with Gasteiger partial charge in [0.05, 0.1) is 11.4 Å². The highest BCUT2D eigenvalue weighted by Gasteiger charge is 2.25. The molecule has 3 aliphatic rings. The van der Waals surface area contributed by atoms with Crippen LogP contribution < -0.4 is 9.80 Å². The third-order valence-electron chi connectivity index (χ3n) is 14.4. The van der Waals surface area contributed by atoms with E-state index < -0.39 is 0 Å². The maximum atomic E-state index is 2.44. The monoisotopic (exact) mass is 868 g/mol. The first-order valence-corrected chi connectivity index (χ1v) is 24.0. The molecule has 0 unspecified atom stereocenters. The van der Waals surface area contributed by atoms with Gasteiger partial charge in [-0.15, -0.1) is 0 Å². The van der Waals surface area contributed by atoms with E-state index in [2.05, 4.69) is 253 Å².